The third-order valence-electron chi connectivity index (χ3n) is 2.47. The summed E-state index contributed by atoms with van der Waals surface area (Å²) in [6.45, 7) is 4.54. The fourth-order valence-corrected chi connectivity index (χ4v) is 1.50. The van der Waals surface area contributed by atoms with Gasteiger partial charge in [0.05, 0.1) is 12.0 Å². The lowest BCUT2D eigenvalue weighted by atomic mass is 10.1. The van der Waals surface area contributed by atoms with Gasteiger partial charge in [-0.2, -0.15) is 5.26 Å². The van der Waals surface area contributed by atoms with Crippen LogP contribution in [0, 0.1) is 23.1 Å². The van der Waals surface area contributed by atoms with Crippen molar-refractivity contribution in [1.82, 2.24) is 4.90 Å². The van der Waals surface area contributed by atoms with E-state index in [0.29, 0.717) is 18.7 Å². The maximum atomic E-state index is 12.7. The molecule has 1 amide bonds. The maximum Gasteiger partial charge on any atom is 0.253 e. The van der Waals surface area contributed by atoms with Crippen molar-refractivity contribution in [3.05, 3.63) is 35.6 Å². The van der Waals surface area contributed by atoms with Gasteiger partial charge in [0.2, 0.25) is 0 Å². The number of rotatable bonds is 4. The monoisotopic (exact) mass is 234 g/mol. The Morgan fingerprint density at radius 3 is 2.53 bits per heavy atom. The fourth-order valence-electron chi connectivity index (χ4n) is 1.50. The smallest absolute Gasteiger partial charge is 0.253 e. The molecule has 0 aromatic heterocycles. The van der Waals surface area contributed by atoms with Gasteiger partial charge in [-0.1, -0.05) is 0 Å². The van der Waals surface area contributed by atoms with Crippen molar-refractivity contribution in [3.8, 4) is 6.07 Å². The van der Waals surface area contributed by atoms with Crippen LogP contribution < -0.4 is 0 Å². The fraction of sp³-hybridized carbons (Fsp3) is 0.385. The highest BCUT2D eigenvalue weighted by Crippen LogP contribution is 2.08. The zero-order valence-electron chi connectivity index (χ0n) is 9.98. The van der Waals surface area contributed by atoms with Crippen LogP contribution in [0.5, 0.6) is 0 Å². The van der Waals surface area contributed by atoms with Gasteiger partial charge in [0.15, 0.2) is 0 Å². The lowest BCUT2D eigenvalue weighted by molar-refractivity contribution is 0.0752. The summed E-state index contributed by atoms with van der Waals surface area (Å²) in [5.41, 5.74) is 0.443. The molecule has 0 radical (unpaired) electrons. The first-order valence-electron chi connectivity index (χ1n) is 5.53. The molecule has 0 bridgehead atoms. The minimum atomic E-state index is -0.366. The minimum absolute atomic E-state index is 0.172. The second-order valence-electron chi connectivity index (χ2n) is 3.88. The number of hydrogen-bond donors (Lipinski definition) is 0. The molecule has 0 fully saturated rings. The number of nitriles is 1. The van der Waals surface area contributed by atoms with Crippen LogP contribution in [-0.4, -0.2) is 23.9 Å². The highest BCUT2D eigenvalue weighted by molar-refractivity contribution is 5.94. The van der Waals surface area contributed by atoms with E-state index in [4.69, 9.17) is 5.26 Å². The van der Waals surface area contributed by atoms with Crippen LogP contribution in [-0.2, 0) is 0 Å². The number of hydrogen-bond acceptors (Lipinski definition) is 2. The van der Waals surface area contributed by atoms with E-state index in [1.807, 2.05) is 6.92 Å². The highest BCUT2D eigenvalue weighted by atomic mass is 19.1. The van der Waals surface area contributed by atoms with Crippen molar-refractivity contribution in [1.29, 1.82) is 5.26 Å². The number of carbonyl (C=O) groups excluding carboxylic acids is 1. The Labute approximate surface area is 100 Å². The molecule has 0 aliphatic heterocycles. The zero-order chi connectivity index (χ0) is 12.8. The molecule has 0 N–H and O–H groups in total. The van der Waals surface area contributed by atoms with Crippen LogP contribution >= 0.6 is 0 Å². The standard InChI is InChI=1S/C13H15FN2O/c1-3-16(9-10(2)8-15)13(17)11-4-6-12(14)7-5-11/h4-7,10H,3,9H2,1-2H3/t10-/m1/s1. The topological polar surface area (TPSA) is 44.1 Å². The van der Waals surface area contributed by atoms with Gasteiger partial charge in [0.25, 0.3) is 5.91 Å². The average molecular weight is 234 g/mol. The average Bonchev–Trinajstić information content (AvgIpc) is 2.35. The molecule has 0 saturated heterocycles. The normalized spacial score (nSPS) is 11.6. The molecule has 1 atom stereocenters. The molecule has 1 aromatic carbocycles. The Balaban J connectivity index is 2.79. The molecule has 0 heterocycles. The van der Waals surface area contributed by atoms with E-state index in [1.165, 1.54) is 24.3 Å². The molecule has 0 saturated carbocycles. The molecule has 3 nitrogen and oxygen atoms in total. The van der Waals surface area contributed by atoms with Crippen LogP contribution in [0.15, 0.2) is 24.3 Å². The third-order valence-corrected chi connectivity index (χ3v) is 2.47. The lowest BCUT2D eigenvalue weighted by Crippen LogP contribution is -2.34. The molecule has 0 spiro atoms. The number of carbonyl (C=O) groups is 1. The van der Waals surface area contributed by atoms with E-state index in [0.717, 1.165) is 0 Å². The first kappa shape index (κ1) is 13.2. The molecule has 0 unspecified atom stereocenters. The molecule has 0 aliphatic rings. The first-order valence-corrected chi connectivity index (χ1v) is 5.53. The van der Waals surface area contributed by atoms with Crippen molar-refractivity contribution in [2.24, 2.45) is 5.92 Å². The van der Waals surface area contributed by atoms with Gasteiger partial charge in [-0.05, 0) is 38.1 Å². The van der Waals surface area contributed by atoms with Gasteiger partial charge < -0.3 is 4.90 Å². The largest absolute Gasteiger partial charge is 0.338 e. The van der Waals surface area contributed by atoms with Crippen molar-refractivity contribution in [2.75, 3.05) is 13.1 Å². The molecule has 1 rings (SSSR count). The molecule has 4 heteroatoms. The van der Waals surface area contributed by atoms with E-state index in [9.17, 15) is 9.18 Å². The molecule has 17 heavy (non-hydrogen) atoms. The van der Waals surface area contributed by atoms with E-state index < -0.39 is 0 Å². The van der Waals surface area contributed by atoms with Gasteiger partial charge in [0, 0.05) is 18.7 Å². The van der Waals surface area contributed by atoms with Crippen LogP contribution in [0.4, 0.5) is 4.39 Å². The van der Waals surface area contributed by atoms with E-state index >= 15 is 0 Å². The molecule has 0 aliphatic carbocycles. The number of halogens is 1. The zero-order valence-corrected chi connectivity index (χ0v) is 9.98. The summed E-state index contributed by atoms with van der Waals surface area (Å²) >= 11 is 0. The van der Waals surface area contributed by atoms with Crippen LogP contribution in [0.25, 0.3) is 0 Å². The molecule has 90 valence electrons. The Morgan fingerprint density at radius 1 is 1.47 bits per heavy atom. The number of amides is 1. The summed E-state index contributed by atoms with van der Waals surface area (Å²) in [6, 6.07) is 7.52. The minimum Gasteiger partial charge on any atom is -0.338 e. The second-order valence-corrected chi connectivity index (χ2v) is 3.88. The summed E-state index contributed by atoms with van der Waals surface area (Å²) in [7, 11) is 0. The highest BCUT2D eigenvalue weighted by Gasteiger charge is 2.16. The van der Waals surface area contributed by atoms with E-state index in [-0.39, 0.29) is 17.6 Å². The van der Waals surface area contributed by atoms with Crippen LogP contribution in [0.1, 0.15) is 24.2 Å². The summed E-state index contributed by atoms with van der Waals surface area (Å²) in [5.74, 6) is -0.746. The van der Waals surface area contributed by atoms with Gasteiger partial charge >= 0.3 is 0 Å². The summed E-state index contributed by atoms with van der Waals surface area (Å²) < 4.78 is 12.7. The van der Waals surface area contributed by atoms with Gasteiger partial charge in [-0.15, -0.1) is 0 Å². The van der Waals surface area contributed by atoms with Crippen molar-refractivity contribution >= 4 is 5.91 Å². The van der Waals surface area contributed by atoms with Crippen LogP contribution in [0.3, 0.4) is 0 Å². The van der Waals surface area contributed by atoms with Crippen molar-refractivity contribution in [3.63, 3.8) is 0 Å². The Kier molecular flexibility index (Phi) is 4.65. The SMILES string of the molecule is CCN(C[C@H](C)C#N)C(=O)c1ccc(F)cc1. The van der Waals surface area contributed by atoms with Gasteiger partial charge in [-0.25, -0.2) is 4.39 Å². The van der Waals surface area contributed by atoms with E-state index in [1.54, 1.807) is 11.8 Å². The van der Waals surface area contributed by atoms with Crippen molar-refractivity contribution in [2.45, 2.75) is 13.8 Å². The number of benzene rings is 1. The van der Waals surface area contributed by atoms with Gasteiger partial charge in [-0.3, -0.25) is 4.79 Å². The van der Waals surface area contributed by atoms with Crippen LogP contribution in [0.2, 0.25) is 0 Å². The lowest BCUT2D eigenvalue weighted by Gasteiger charge is -2.21. The molecule has 1 aromatic rings. The van der Waals surface area contributed by atoms with Gasteiger partial charge in [0.1, 0.15) is 5.82 Å². The summed E-state index contributed by atoms with van der Waals surface area (Å²) in [4.78, 5) is 13.6. The third kappa shape index (κ3) is 3.56. The Bertz CT molecular complexity index is 422. The molecular weight excluding hydrogens is 219 g/mol. The van der Waals surface area contributed by atoms with Crippen molar-refractivity contribution < 1.29 is 9.18 Å². The predicted octanol–water partition coefficient (Wildman–Crippen LogP) is 2.45. The predicted molar refractivity (Wildman–Crippen MR) is 62.8 cm³/mol. The Hall–Kier alpha value is -1.89. The quantitative estimate of drug-likeness (QED) is 0.803. The van der Waals surface area contributed by atoms with E-state index in [2.05, 4.69) is 6.07 Å². The second kappa shape index (κ2) is 6.00. The maximum absolute atomic E-state index is 12.7. The molecular formula is C13H15FN2O. The first-order chi connectivity index (χ1) is 8.08. The number of nitrogens with zero attached hydrogens (tertiary/aromatic N) is 2. The summed E-state index contributed by atoms with van der Waals surface area (Å²) in [6.07, 6.45) is 0. The summed E-state index contributed by atoms with van der Waals surface area (Å²) in [5, 5.41) is 8.73. The Morgan fingerprint density at radius 2 is 2.06 bits per heavy atom.